The minimum absolute atomic E-state index is 0.290. The Morgan fingerprint density at radius 3 is 2.64 bits per heavy atom. The predicted molar refractivity (Wildman–Crippen MR) is 58.2 cm³/mol. The molecule has 0 spiro atoms. The maximum atomic E-state index is 11.7. The molecular formula is C11H22N2O. The first-order valence-electron chi connectivity index (χ1n) is 5.72. The standard InChI is InChI=1S/C11H22N2O/c1-3-12-9-8-11(14)13(2)10-6-4-5-7-10/h10,12H,3-9H2,1-2H3. The monoisotopic (exact) mass is 198 g/mol. The van der Waals surface area contributed by atoms with Crippen LogP contribution in [-0.4, -0.2) is 37.0 Å². The highest BCUT2D eigenvalue weighted by atomic mass is 16.2. The number of carbonyl (C=O) groups is 1. The summed E-state index contributed by atoms with van der Waals surface area (Å²) in [5.41, 5.74) is 0. The average molecular weight is 198 g/mol. The van der Waals surface area contributed by atoms with Crippen molar-refractivity contribution < 1.29 is 4.79 Å². The van der Waals surface area contributed by atoms with Gasteiger partial charge in [-0.3, -0.25) is 4.79 Å². The third kappa shape index (κ3) is 3.29. The molecule has 0 aliphatic heterocycles. The lowest BCUT2D eigenvalue weighted by atomic mass is 10.2. The van der Waals surface area contributed by atoms with Crippen molar-refractivity contribution in [3.05, 3.63) is 0 Å². The lowest BCUT2D eigenvalue weighted by Crippen LogP contribution is -2.36. The molecule has 0 saturated heterocycles. The Balaban J connectivity index is 2.21. The summed E-state index contributed by atoms with van der Waals surface area (Å²) < 4.78 is 0. The van der Waals surface area contributed by atoms with E-state index < -0.39 is 0 Å². The largest absolute Gasteiger partial charge is 0.343 e. The molecule has 14 heavy (non-hydrogen) atoms. The van der Waals surface area contributed by atoms with Crippen LogP contribution in [0.2, 0.25) is 0 Å². The second-order valence-electron chi connectivity index (χ2n) is 4.05. The summed E-state index contributed by atoms with van der Waals surface area (Å²) in [5.74, 6) is 0.290. The summed E-state index contributed by atoms with van der Waals surface area (Å²) in [6.45, 7) is 3.82. The Morgan fingerprint density at radius 2 is 2.07 bits per heavy atom. The highest BCUT2D eigenvalue weighted by molar-refractivity contribution is 5.76. The highest BCUT2D eigenvalue weighted by Crippen LogP contribution is 2.22. The van der Waals surface area contributed by atoms with Gasteiger partial charge >= 0.3 is 0 Å². The van der Waals surface area contributed by atoms with Gasteiger partial charge < -0.3 is 10.2 Å². The van der Waals surface area contributed by atoms with Gasteiger partial charge in [-0.15, -0.1) is 0 Å². The van der Waals surface area contributed by atoms with Gasteiger partial charge in [0.2, 0.25) is 5.91 Å². The molecule has 0 unspecified atom stereocenters. The van der Waals surface area contributed by atoms with Crippen molar-refractivity contribution in [3.8, 4) is 0 Å². The van der Waals surface area contributed by atoms with E-state index in [-0.39, 0.29) is 5.91 Å². The molecular weight excluding hydrogens is 176 g/mol. The van der Waals surface area contributed by atoms with Crippen LogP contribution in [0.15, 0.2) is 0 Å². The summed E-state index contributed by atoms with van der Waals surface area (Å²) in [5, 5.41) is 3.18. The molecule has 0 aromatic rings. The number of hydrogen-bond acceptors (Lipinski definition) is 2. The van der Waals surface area contributed by atoms with Crippen molar-refractivity contribution in [1.82, 2.24) is 10.2 Å². The van der Waals surface area contributed by atoms with Gasteiger partial charge in [0.15, 0.2) is 0 Å². The third-order valence-electron chi connectivity index (χ3n) is 3.03. The zero-order valence-electron chi connectivity index (χ0n) is 9.38. The van der Waals surface area contributed by atoms with Gasteiger partial charge in [0.05, 0.1) is 0 Å². The molecule has 0 aromatic heterocycles. The quantitative estimate of drug-likeness (QED) is 0.677. The van der Waals surface area contributed by atoms with E-state index in [2.05, 4.69) is 12.2 Å². The first-order chi connectivity index (χ1) is 6.75. The third-order valence-corrected chi connectivity index (χ3v) is 3.03. The Bertz CT molecular complexity index is 176. The summed E-state index contributed by atoms with van der Waals surface area (Å²) >= 11 is 0. The summed E-state index contributed by atoms with van der Waals surface area (Å²) in [7, 11) is 1.95. The van der Waals surface area contributed by atoms with E-state index in [0.717, 1.165) is 13.1 Å². The molecule has 1 amide bonds. The van der Waals surface area contributed by atoms with E-state index in [1.807, 2.05) is 11.9 Å². The van der Waals surface area contributed by atoms with Crippen LogP contribution in [0.3, 0.4) is 0 Å². The smallest absolute Gasteiger partial charge is 0.223 e. The van der Waals surface area contributed by atoms with Crippen LogP contribution in [0, 0.1) is 0 Å². The molecule has 1 aliphatic carbocycles. The number of nitrogens with one attached hydrogen (secondary N) is 1. The second-order valence-corrected chi connectivity index (χ2v) is 4.05. The van der Waals surface area contributed by atoms with Crippen LogP contribution in [0.4, 0.5) is 0 Å². The molecule has 1 aliphatic rings. The minimum atomic E-state index is 0.290. The van der Waals surface area contributed by atoms with Crippen molar-refractivity contribution in [2.24, 2.45) is 0 Å². The molecule has 3 heteroatoms. The van der Waals surface area contributed by atoms with Crippen LogP contribution in [0.1, 0.15) is 39.0 Å². The number of nitrogens with zero attached hydrogens (tertiary/aromatic N) is 1. The molecule has 0 atom stereocenters. The van der Waals surface area contributed by atoms with E-state index in [1.54, 1.807) is 0 Å². The lowest BCUT2D eigenvalue weighted by molar-refractivity contribution is -0.131. The lowest BCUT2D eigenvalue weighted by Gasteiger charge is -2.24. The summed E-state index contributed by atoms with van der Waals surface area (Å²) in [6.07, 6.45) is 5.61. The van der Waals surface area contributed by atoms with Gasteiger partial charge in [0.25, 0.3) is 0 Å². The fraction of sp³-hybridized carbons (Fsp3) is 0.909. The first-order valence-corrected chi connectivity index (χ1v) is 5.72. The Morgan fingerprint density at radius 1 is 1.43 bits per heavy atom. The van der Waals surface area contributed by atoms with E-state index >= 15 is 0 Å². The maximum Gasteiger partial charge on any atom is 0.223 e. The SMILES string of the molecule is CCNCCC(=O)N(C)C1CCCC1. The van der Waals surface area contributed by atoms with Crippen molar-refractivity contribution in [1.29, 1.82) is 0 Å². The van der Waals surface area contributed by atoms with Crippen LogP contribution < -0.4 is 5.32 Å². The second kappa shape index (κ2) is 6.02. The van der Waals surface area contributed by atoms with E-state index in [4.69, 9.17) is 0 Å². The van der Waals surface area contributed by atoms with Crippen LogP contribution in [0.5, 0.6) is 0 Å². The van der Waals surface area contributed by atoms with Crippen molar-refractivity contribution >= 4 is 5.91 Å². The van der Waals surface area contributed by atoms with Crippen LogP contribution >= 0.6 is 0 Å². The molecule has 0 aromatic carbocycles. The molecule has 1 saturated carbocycles. The van der Waals surface area contributed by atoms with Gasteiger partial charge in [0, 0.05) is 26.1 Å². The molecule has 1 N–H and O–H groups in total. The minimum Gasteiger partial charge on any atom is -0.343 e. The summed E-state index contributed by atoms with van der Waals surface area (Å²) in [6, 6.07) is 0.518. The Kier molecular flexibility index (Phi) is 4.94. The van der Waals surface area contributed by atoms with Gasteiger partial charge in [-0.1, -0.05) is 19.8 Å². The first kappa shape index (κ1) is 11.5. The highest BCUT2D eigenvalue weighted by Gasteiger charge is 2.22. The van der Waals surface area contributed by atoms with Gasteiger partial charge in [-0.05, 0) is 19.4 Å². The molecule has 82 valence electrons. The Labute approximate surface area is 86.9 Å². The fourth-order valence-electron chi connectivity index (χ4n) is 2.04. The zero-order valence-corrected chi connectivity index (χ0v) is 9.38. The number of hydrogen-bond donors (Lipinski definition) is 1. The molecule has 3 nitrogen and oxygen atoms in total. The van der Waals surface area contributed by atoms with E-state index in [9.17, 15) is 4.79 Å². The Hall–Kier alpha value is -0.570. The molecule has 0 bridgehead atoms. The molecule has 0 heterocycles. The van der Waals surface area contributed by atoms with Gasteiger partial charge in [-0.25, -0.2) is 0 Å². The molecule has 1 fully saturated rings. The number of amides is 1. The number of carbonyl (C=O) groups excluding carboxylic acids is 1. The van der Waals surface area contributed by atoms with Crippen LogP contribution in [-0.2, 0) is 4.79 Å². The fourth-order valence-corrected chi connectivity index (χ4v) is 2.04. The van der Waals surface area contributed by atoms with Gasteiger partial charge in [-0.2, -0.15) is 0 Å². The number of rotatable bonds is 5. The maximum absolute atomic E-state index is 11.7. The zero-order chi connectivity index (χ0) is 10.4. The van der Waals surface area contributed by atoms with Crippen molar-refractivity contribution in [2.45, 2.75) is 45.1 Å². The topological polar surface area (TPSA) is 32.3 Å². The normalized spacial score (nSPS) is 17.3. The van der Waals surface area contributed by atoms with Crippen molar-refractivity contribution in [3.63, 3.8) is 0 Å². The summed E-state index contributed by atoms with van der Waals surface area (Å²) in [4.78, 5) is 13.6. The van der Waals surface area contributed by atoms with E-state index in [1.165, 1.54) is 25.7 Å². The van der Waals surface area contributed by atoms with Crippen LogP contribution in [0.25, 0.3) is 0 Å². The average Bonchev–Trinajstić information content (AvgIpc) is 2.69. The van der Waals surface area contributed by atoms with E-state index in [0.29, 0.717) is 12.5 Å². The predicted octanol–water partition coefficient (Wildman–Crippen LogP) is 1.39. The molecule has 1 rings (SSSR count). The molecule has 0 radical (unpaired) electrons. The van der Waals surface area contributed by atoms with Gasteiger partial charge in [0.1, 0.15) is 0 Å². The van der Waals surface area contributed by atoms with Crippen molar-refractivity contribution in [2.75, 3.05) is 20.1 Å².